The normalized spacial score (nSPS) is 12.9. The van der Waals surface area contributed by atoms with Gasteiger partial charge in [-0.05, 0) is 42.8 Å². The van der Waals surface area contributed by atoms with Crippen LogP contribution in [-0.4, -0.2) is 26.7 Å². The third-order valence-electron chi connectivity index (χ3n) is 4.22. The Morgan fingerprint density at radius 1 is 0.969 bits per heavy atom. The molecule has 0 aliphatic carbocycles. The van der Waals surface area contributed by atoms with Gasteiger partial charge in [-0.2, -0.15) is 31.0 Å². The summed E-state index contributed by atoms with van der Waals surface area (Å²) in [5.41, 5.74) is 0.189. The molecule has 3 aromatic rings. The highest BCUT2D eigenvalue weighted by Crippen LogP contribution is 2.41. The van der Waals surface area contributed by atoms with Gasteiger partial charge in [-0.25, -0.2) is 4.18 Å². The van der Waals surface area contributed by atoms with Crippen LogP contribution in [0.5, 0.6) is 17.4 Å². The Bertz CT molecular complexity index is 1200. The van der Waals surface area contributed by atoms with Crippen molar-refractivity contribution in [2.75, 3.05) is 7.11 Å². The van der Waals surface area contributed by atoms with Crippen LogP contribution in [0.3, 0.4) is 0 Å². The number of aryl methyl sites for hydroxylation is 1. The Hall–Kier alpha value is -3.18. The van der Waals surface area contributed by atoms with Gasteiger partial charge in [-0.15, -0.1) is 0 Å². The largest absolute Gasteiger partial charge is 0.493 e. The van der Waals surface area contributed by atoms with Crippen LogP contribution < -0.4 is 9.47 Å². The van der Waals surface area contributed by atoms with Crippen LogP contribution in [0.1, 0.15) is 17.2 Å². The molecule has 1 atom stereocenters. The van der Waals surface area contributed by atoms with E-state index in [4.69, 9.17) is 9.47 Å². The van der Waals surface area contributed by atoms with Crippen LogP contribution in [0.2, 0.25) is 0 Å². The van der Waals surface area contributed by atoms with Gasteiger partial charge in [0.25, 0.3) is 10.1 Å². The minimum Gasteiger partial charge on any atom is -0.493 e. The van der Waals surface area contributed by atoms with Crippen molar-refractivity contribution < 1.29 is 39.6 Å². The number of hydrogen-bond acceptors (Lipinski definition) is 6. The predicted molar refractivity (Wildman–Crippen MR) is 106 cm³/mol. The second kappa shape index (κ2) is 9.13. The molecule has 11 heteroatoms. The maximum atomic E-state index is 13.7. The van der Waals surface area contributed by atoms with E-state index < -0.39 is 38.8 Å². The Morgan fingerprint density at radius 3 is 2.25 bits per heavy atom. The Kier molecular flexibility index (Phi) is 6.70. The van der Waals surface area contributed by atoms with E-state index in [9.17, 15) is 26.0 Å². The van der Waals surface area contributed by atoms with Crippen molar-refractivity contribution in [2.24, 2.45) is 0 Å². The maximum absolute atomic E-state index is 13.7. The summed E-state index contributed by atoms with van der Waals surface area (Å²) in [7, 11) is -3.56. The molecule has 1 heterocycles. The van der Waals surface area contributed by atoms with Crippen molar-refractivity contribution in [1.29, 1.82) is 0 Å². The van der Waals surface area contributed by atoms with E-state index in [1.54, 1.807) is 6.92 Å². The number of benzene rings is 2. The van der Waals surface area contributed by atoms with Crippen LogP contribution in [0.4, 0.5) is 17.6 Å². The molecule has 2 aromatic carbocycles. The molecule has 0 fully saturated rings. The molecule has 0 spiro atoms. The van der Waals surface area contributed by atoms with Gasteiger partial charge in [-0.3, -0.25) is 0 Å². The highest BCUT2D eigenvalue weighted by Gasteiger charge is 2.45. The molecule has 0 N–H and O–H groups in total. The van der Waals surface area contributed by atoms with Gasteiger partial charge in [0.1, 0.15) is 0 Å². The average molecular weight is 471 g/mol. The van der Waals surface area contributed by atoms with Gasteiger partial charge in [0, 0.05) is 6.07 Å². The lowest BCUT2D eigenvalue weighted by Gasteiger charge is -2.22. The molecule has 170 valence electrons. The molecule has 3 rings (SSSR count). The average Bonchev–Trinajstić information content (AvgIpc) is 2.72. The maximum Gasteiger partial charge on any atom is 0.420 e. The molecule has 0 bridgehead atoms. The molecule has 6 nitrogen and oxygen atoms in total. The summed E-state index contributed by atoms with van der Waals surface area (Å²) in [5.74, 6) is -1.19. The summed E-state index contributed by atoms with van der Waals surface area (Å²) in [6.07, 6.45) is -7.86. The highest BCUT2D eigenvalue weighted by atomic mass is 32.2. The molecule has 0 aliphatic rings. The zero-order chi connectivity index (χ0) is 23.5. The predicted octanol–water partition coefficient (Wildman–Crippen LogP) is 5.34. The fourth-order valence-electron chi connectivity index (χ4n) is 2.68. The SMILES string of the molecule is COc1cc(C(OS(=O)(=O)c2ccc(C)cc2)C(F)(F)F)ccc1Oc1cccc(F)n1. The van der Waals surface area contributed by atoms with Gasteiger partial charge < -0.3 is 9.47 Å². The van der Waals surface area contributed by atoms with Crippen molar-refractivity contribution in [3.05, 3.63) is 77.7 Å². The smallest absolute Gasteiger partial charge is 0.420 e. The monoisotopic (exact) mass is 471 g/mol. The quantitative estimate of drug-likeness (QED) is 0.263. The van der Waals surface area contributed by atoms with E-state index in [1.165, 1.54) is 31.4 Å². The number of aromatic nitrogens is 1. The van der Waals surface area contributed by atoms with Crippen molar-refractivity contribution in [3.63, 3.8) is 0 Å². The molecule has 0 amide bonds. The summed E-state index contributed by atoms with van der Waals surface area (Å²) >= 11 is 0. The molecule has 0 saturated heterocycles. The summed E-state index contributed by atoms with van der Waals surface area (Å²) in [4.78, 5) is 3.09. The molecule has 0 saturated carbocycles. The summed E-state index contributed by atoms with van der Waals surface area (Å²) in [5, 5.41) is 0. The number of nitrogens with zero attached hydrogens (tertiary/aromatic N) is 1. The van der Waals surface area contributed by atoms with Crippen molar-refractivity contribution in [3.8, 4) is 17.4 Å². The second-order valence-electron chi connectivity index (χ2n) is 6.60. The van der Waals surface area contributed by atoms with Gasteiger partial charge in [0.15, 0.2) is 17.6 Å². The minimum atomic E-state index is -5.06. The van der Waals surface area contributed by atoms with E-state index in [0.717, 1.165) is 42.0 Å². The van der Waals surface area contributed by atoms with E-state index in [-0.39, 0.29) is 17.4 Å². The lowest BCUT2D eigenvalue weighted by molar-refractivity contribution is -0.196. The topological polar surface area (TPSA) is 74.7 Å². The van der Waals surface area contributed by atoms with Gasteiger partial charge in [0.2, 0.25) is 11.8 Å². The molecule has 0 radical (unpaired) electrons. The first-order valence-corrected chi connectivity index (χ1v) is 10.5. The number of pyridine rings is 1. The molecule has 32 heavy (non-hydrogen) atoms. The van der Waals surface area contributed by atoms with E-state index >= 15 is 0 Å². The standard InChI is InChI=1S/C21H17F4NO5S/c1-13-6-9-15(10-7-13)32(27,28)31-20(21(23,24)25)14-8-11-16(17(12-14)29-2)30-19-5-3-4-18(22)26-19/h3-12,20H,1-2H3. The zero-order valence-electron chi connectivity index (χ0n) is 16.8. The number of halogens is 4. The third-order valence-corrected chi connectivity index (χ3v) is 5.52. The van der Waals surface area contributed by atoms with Crippen LogP contribution in [0.15, 0.2) is 65.6 Å². The highest BCUT2D eigenvalue weighted by molar-refractivity contribution is 7.86. The van der Waals surface area contributed by atoms with Crippen LogP contribution >= 0.6 is 0 Å². The van der Waals surface area contributed by atoms with E-state index in [0.29, 0.717) is 0 Å². The first-order valence-electron chi connectivity index (χ1n) is 9.04. The summed E-state index contributed by atoms with van der Waals surface area (Å²) in [6, 6.07) is 12.0. The molecule has 1 aromatic heterocycles. The van der Waals surface area contributed by atoms with Crippen LogP contribution in [0.25, 0.3) is 0 Å². The Labute approximate surface area is 181 Å². The van der Waals surface area contributed by atoms with E-state index in [1.807, 2.05) is 0 Å². The van der Waals surface area contributed by atoms with Crippen LogP contribution in [0, 0.1) is 12.9 Å². The number of methoxy groups -OCH3 is 1. The molecular weight excluding hydrogens is 454 g/mol. The third kappa shape index (κ3) is 5.54. The first-order chi connectivity index (χ1) is 15.0. The fourth-order valence-corrected chi connectivity index (χ4v) is 3.73. The van der Waals surface area contributed by atoms with Gasteiger partial charge in [-0.1, -0.05) is 29.8 Å². The van der Waals surface area contributed by atoms with Gasteiger partial charge in [0.05, 0.1) is 12.0 Å². The van der Waals surface area contributed by atoms with Crippen LogP contribution in [-0.2, 0) is 14.3 Å². The Morgan fingerprint density at radius 2 is 1.66 bits per heavy atom. The number of alkyl halides is 3. The van der Waals surface area contributed by atoms with Crippen molar-refractivity contribution in [1.82, 2.24) is 4.98 Å². The van der Waals surface area contributed by atoms with E-state index in [2.05, 4.69) is 9.17 Å². The number of rotatable bonds is 7. The first kappa shape index (κ1) is 23.5. The van der Waals surface area contributed by atoms with Crippen molar-refractivity contribution >= 4 is 10.1 Å². The molecular formula is C21H17F4NO5S. The van der Waals surface area contributed by atoms with Crippen molar-refractivity contribution in [2.45, 2.75) is 24.1 Å². The summed E-state index contributed by atoms with van der Waals surface area (Å²) in [6.45, 7) is 1.70. The lowest BCUT2D eigenvalue weighted by Crippen LogP contribution is -2.26. The second-order valence-corrected chi connectivity index (χ2v) is 8.17. The fraction of sp³-hybridized carbons (Fsp3) is 0.190. The molecule has 1 unspecified atom stereocenters. The number of ether oxygens (including phenoxy) is 2. The lowest BCUT2D eigenvalue weighted by atomic mass is 10.1. The molecule has 0 aliphatic heterocycles. The summed E-state index contributed by atoms with van der Waals surface area (Å²) < 4.78 is 94.3. The van der Waals surface area contributed by atoms with Gasteiger partial charge >= 0.3 is 6.18 Å². The Balaban J connectivity index is 1.95. The zero-order valence-corrected chi connectivity index (χ0v) is 17.6. The minimum absolute atomic E-state index is 0.0586. The number of hydrogen-bond donors (Lipinski definition) is 0.